The van der Waals surface area contributed by atoms with Crippen LogP contribution in [0.2, 0.25) is 0 Å². The zero-order chi connectivity index (χ0) is 17.8. The van der Waals surface area contributed by atoms with Crippen LogP contribution in [0.3, 0.4) is 0 Å². The second kappa shape index (κ2) is 7.60. The van der Waals surface area contributed by atoms with Crippen molar-refractivity contribution in [1.29, 1.82) is 0 Å². The van der Waals surface area contributed by atoms with E-state index in [1.807, 2.05) is 13.8 Å². The molecule has 0 spiro atoms. The van der Waals surface area contributed by atoms with Crippen LogP contribution in [0.1, 0.15) is 48.1 Å². The summed E-state index contributed by atoms with van der Waals surface area (Å²) in [7, 11) is 0. The number of carbonyl (C=O) groups excluding carboxylic acids is 1. The smallest absolute Gasteiger partial charge is 0.292 e. The molecule has 25 heavy (non-hydrogen) atoms. The molecule has 3 rings (SSSR count). The molecule has 0 aliphatic carbocycles. The predicted molar refractivity (Wildman–Crippen MR) is 89.4 cm³/mol. The van der Waals surface area contributed by atoms with Crippen molar-refractivity contribution in [3.63, 3.8) is 0 Å². The molecular weight excluding hydrogens is 324 g/mol. The van der Waals surface area contributed by atoms with Crippen molar-refractivity contribution in [2.75, 3.05) is 19.7 Å². The number of morpholine rings is 1. The summed E-state index contributed by atoms with van der Waals surface area (Å²) in [5, 5.41) is 3.94. The van der Waals surface area contributed by atoms with Gasteiger partial charge in [-0.05, 0) is 18.8 Å². The SMILES string of the molecule is CC(C)c1cc(C(=O)N2CCO[C@@H](CCc3cc(=O)[nH]cn3)C2)on1. The minimum absolute atomic E-state index is 0.0914. The van der Waals surface area contributed by atoms with E-state index in [4.69, 9.17) is 9.26 Å². The van der Waals surface area contributed by atoms with Gasteiger partial charge in [0.25, 0.3) is 11.5 Å². The second-order valence-electron chi connectivity index (χ2n) is 6.46. The van der Waals surface area contributed by atoms with Gasteiger partial charge in [0.2, 0.25) is 5.76 Å². The molecule has 8 nitrogen and oxygen atoms in total. The maximum atomic E-state index is 12.6. The first kappa shape index (κ1) is 17.3. The van der Waals surface area contributed by atoms with Gasteiger partial charge in [-0.3, -0.25) is 9.59 Å². The highest BCUT2D eigenvalue weighted by molar-refractivity contribution is 5.91. The lowest BCUT2D eigenvalue weighted by Gasteiger charge is -2.32. The number of aromatic nitrogens is 3. The second-order valence-corrected chi connectivity index (χ2v) is 6.46. The molecule has 1 aliphatic rings. The third-order valence-corrected chi connectivity index (χ3v) is 4.21. The molecule has 2 aromatic heterocycles. The van der Waals surface area contributed by atoms with Crippen LogP contribution in [0.15, 0.2) is 27.8 Å². The Kier molecular flexibility index (Phi) is 5.28. The van der Waals surface area contributed by atoms with Crippen molar-refractivity contribution in [1.82, 2.24) is 20.0 Å². The molecule has 3 heterocycles. The van der Waals surface area contributed by atoms with Gasteiger partial charge in [0.15, 0.2) is 0 Å². The summed E-state index contributed by atoms with van der Waals surface area (Å²) in [5.74, 6) is 0.312. The van der Waals surface area contributed by atoms with Crippen LogP contribution < -0.4 is 5.56 Å². The number of rotatable bonds is 5. The van der Waals surface area contributed by atoms with E-state index in [2.05, 4.69) is 15.1 Å². The number of aryl methyl sites for hydroxylation is 1. The third kappa shape index (κ3) is 4.33. The summed E-state index contributed by atoms with van der Waals surface area (Å²) in [6.45, 7) is 5.49. The average molecular weight is 346 g/mol. The number of nitrogens with one attached hydrogen (secondary N) is 1. The first-order chi connectivity index (χ1) is 12.0. The van der Waals surface area contributed by atoms with Crippen molar-refractivity contribution in [3.05, 3.63) is 46.0 Å². The van der Waals surface area contributed by atoms with E-state index in [1.54, 1.807) is 11.0 Å². The Morgan fingerprint density at radius 3 is 3.00 bits per heavy atom. The van der Waals surface area contributed by atoms with E-state index in [-0.39, 0.29) is 29.2 Å². The highest BCUT2D eigenvalue weighted by Gasteiger charge is 2.27. The fourth-order valence-electron chi connectivity index (χ4n) is 2.75. The summed E-state index contributed by atoms with van der Waals surface area (Å²) < 4.78 is 10.9. The number of ether oxygens (including phenoxy) is 1. The molecule has 1 N–H and O–H groups in total. The number of amides is 1. The molecule has 2 aromatic rings. The van der Waals surface area contributed by atoms with Gasteiger partial charge in [-0.25, -0.2) is 4.98 Å². The number of carbonyl (C=O) groups is 1. The summed E-state index contributed by atoms with van der Waals surface area (Å²) in [6.07, 6.45) is 2.61. The summed E-state index contributed by atoms with van der Waals surface area (Å²) >= 11 is 0. The molecule has 0 aromatic carbocycles. The molecule has 134 valence electrons. The highest BCUT2D eigenvalue weighted by Crippen LogP contribution is 2.18. The van der Waals surface area contributed by atoms with Crippen molar-refractivity contribution in [2.24, 2.45) is 0 Å². The zero-order valence-electron chi connectivity index (χ0n) is 14.4. The van der Waals surface area contributed by atoms with Crippen molar-refractivity contribution >= 4 is 5.91 Å². The van der Waals surface area contributed by atoms with Crippen molar-refractivity contribution < 1.29 is 14.1 Å². The Hall–Kier alpha value is -2.48. The van der Waals surface area contributed by atoms with Gasteiger partial charge >= 0.3 is 0 Å². The van der Waals surface area contributed by atoms with Gasteiger partial charge in [0.05, 0.1) is 24.7 Å². The summed E-state index contributed by atoms with van der Waals surface area (Å²) in [5.41, 5.74) is 1.32. The molecule has 0 radical (unpaired) electrons. The summed E-state index contributed by atoms with van der Waals surface area (Å²) in [4.78, 5) is 32.2. The number of H-pyrrole nitrogens is 1. The predicted octanol–water partition coefficient (Wildman–Crippen LogP) is 1.36. The lowest BCUT2D eigenvalue weighted by molar-refractivity contribution is -0.0258. The van der Waals surface area contributed by atoms with Gasteiger partial charge in [-0.15, -0.1) is 0 Å². The Morgan fingerprint density at radius 1 is 1.44 bits per heavy atom. The average Bonchev–Trinajstić information content (AvgIpc) is 3.10. The van der Waals surface area contributed by atoms with E-state index in [1.165, 1.54) is 12.4 Å². The third-order valence-electron chi connectivity index (χ3n) is 4.21. The number of hydrogen-bond donors (Lipinski definition) is 1. The molecule has 1 amide bonds. The van der Waals surface area contributed by atoms with E-state index in [9.17, 15) is 9.59 Å². The minimum Gasteiger partial charge on any atom is -0.375 e. The molecule has 0 saturated carbocycles. The van der Waals surface area contributed by atoms with Gasteiger partial charge in [0.1, 0.15) is 0 Å². The molecule has 1 fully saturated rings. The number of hydrogen-bond acceptors (Lipinski definition) is 6. The van der Waals surface area contributed by atoms with Gasteiger partial charge < -0.3 is 19.1 Å². The Bertz CT molecular complexity index is 783. The molecule has 1 saturated heterocycles. The number of aromatic amines is 1. The number of nitrogens with zero attached hydrogens (tertiary/aromatic N) is 3. The maximum Gasteiger partial charge on any atom is 0.292 e. The molecule has 1 atom stereocenters. The van der Waals surface area contributed by atoms with Gasteiger partial charge in [-0.2, -0.15) is 0 Å². The lowest BCUT2D eigenvalue weighted by atomic mass is 10.1. The van der Waals surface area contributed by atoms with Crippen molar-refractivity contribution in [3.8, 4) is 0 Å². The highest BCUT2D eigenvalue weighted by atomic mass is 16.5. The van der Waals surface area contributed by atoms with Gasteiger partial charge in [-0.1, -0.05) is 19.0 Å². The fourth-order valence-corrected chi connectivity index (χ4v) is 2.75. The topological polar surface area (TPSA) is 101 Å². The van der Waals surface area contributed by atoms with E-state index >= 15 is 0 Å². The molecular formula is C17H22N4O4. The van der Waals surface area contributed by atoms with E-state index < -0.39 is 0 Å². The molecule has 1 aliphatic heterocycles. The van der Waals surface area contributed by atoms with Crippen molar-refractivity contribution in [2.45, 2.75) is 38.7 Å². The van der Waals surface area contributed by atoms with Crippen LogP contribution in [-0.4, -0.2) is 51.7 Å². The molecule has 8 heteroatoms. The summed E-state index contributed by atoms with van der Waals surface area (Å²) in [6, 6.07) is 3.19. The zero-order valence-corrected chi connectivity index (χ0v) is 14.4. The van der Waals surface area contributed by atoms with Crippen LogP contribution in [0.25, 0.3) is 0 Å². The largest absolute Gasteiger partial charge is 0.375 e. The normalized spacial score (nSPS) is 17.9. The Morgan fingerprint density at radius 2 is 2.28 bits per heavy atom. The van der Waals surface area contributed by atoms with E-state index in [0.29, 0.717) is 38.2 Å². The fraction of sp³-hybridized carbons (Fsp3) is 0.529. The Balaban J connectivity index is 1.58. The quantitative estimate of drug-likeness (QED) is 0.877. The van der Waals surface area contributed by atoms with Crippen LogP contribution in [0.4, 0.5) is 0 Å². The standard InChI is InChI=1S/C17H22N4O4/c1-11(2)14-8-15(25-20-14)17(23)21-5-6-24-13(9-21)4-3-12-7-16(22)19-10-18-12/h7-8,10-11,13H,3-6,9H2,1-2H3,(H,18,19,22)/t13-/m0/s1. The lowest BCUT2D eigenvalue weighted by Crippen LogP contribution is -2.45. The first-order valence-corrected chi connectivity index (χ1v) is 8.44. The monoisotopic (exact) mass is 346 g/mol. The first-order valence-electron chi connectivity index (χ1n) is 8.44. The van der Waals surface area contributed by atoms with Crippen LogP contribution >= 0.6 is 0 Å². The van der Waals surface area contributed by atoms with Crippen LogP contribution in [-0.2, 0) is 11.2 Å². The molecule has 0 bridgehead atoms. The van der Waals surface area contributed by atoms with Crippen LogP contribution in [0.5, 0.6) is 0 Å². The van der Waals surface area contributed by atoms with E-state index in [0.717, 1.165) is 5.69 Å². The maximum absolute atomic E-state index is 12.6. The van der Waals surface area contributed by atoms with Gasteiger partial charge in [0, 0.05) is 30.9 Å². The molecule has 0 unspecified atom stereocenters. The van der Waals surface area contributed by atoms with Crippen LogP contribution in [0, 0.1) is 0 Å². The Labute approximate surface area is 145 Å². The minimum atomic E-state index is -0.169.